The summed E-state index contributed by atoms with van der Waals surface area (Å²) in [5.41, 5.74) is 5.95. The molecule has 182 valence electrons. The molecule has 0 spiro atoms. The average Bonchev–Trinajstić information content (AvgIpc) is 3.20. The number of unbranched alkanes of at least 4 members (excludes halogenated alkanes) is 3. The molecule has 0 radical (unpaired) electrons. The van der Waals surface area contributed by atoms with Gasteiger partial charge >= 0.3 is 0 Å². The van der Waals surface area contributed by atoms with Crippen molar-refractivity contribution in [3.8, 4) is 0 Å². The van der Waals surface area contributed by atoms with Gasteiger partial charge in [-0.25, -0.2) is 0 Å². The molecule has 4 heteroatoms. The maximum absolute atomic E-state index is 12.5. The number of carbonyl (C=O) groups is 1. The van der Waals surface area contributed by atoms with Crippen molar-refractivity contribution in [2.45, 2.75) is 90.4 Å². The summed E-state index contributed by atoms with van der Waals surface area (Å²) in [4.78, 5) is 14.7. The molecule has 33 heavy (non-hydrogen) atoms. The summed E-state index contributed by atoms with van der Waals surface area (Å²) in [6.45, 7) is 13.5. The Morgan fingerprint density at radius 1 is 0.970 bits per heavy atom. The second-order valence-electron chi connectivity index (χ2n) is 11.5. The molecular formula is C29H44N2O2. The molecule has 4 nitrogen and oxygen atoms in total. The molecule has 3 rings (SSSR count). The standard InChI is InChI=1S/C29H44N2O2/c1-21-18-24-25(29(4,5)15-14-28(24,2)3)20-22(21)19-23-12-13-26(33-23)27(32)30-16-10-8-9-11-17-31(6)7/h12-13,18,20H,8-11,14-17,19H2,1-7H3,(H,30,32). The van der Waals surface area contributed by atoms with Crippen LogP contribution in [0.2, 0.25) is 0 Å². The van der Waals surface area contributed by atoms with Gasteiger partial charge in [0.15, 0.2) is 5.76 Å². The number of hydrogen-bond acceptors (Lipinski definition) is 3. The van der Waals surface area contributed by atoms with E-state index in [4.69, 9.17) is 4.42 Å². The van der Waals surface area contributed by atoms with E-state index in [-0.39, 0.29) is 16.7 Å². The first-order valence-corrected chi connectivity index (χ1v) is 12.7. The van der Waals surface area contributed by atoms with Crippen LogP contribution in [0.1, 0.15) is 105 Å². The van der Waals surface area contributed by atoms with Gasteiger partial charge < -0.3 is 14.6 Å². The fourth-order valence-electron chi connectivity index (χ4n) is 4.94. The van der Waals surface area contributed by atoms with Gasteiger partial charge in [-0.15, -0.1) is 0 Å². The number of nitrogens with zero attached hydrogens (tertiary/aromatic N) is 1. The molecule has 0 saturated carbocycles. The first kappa shape index (κ1) is 25.6. The third kappa shape index (κ3) is 6.50. The Hall–Kier alpha value is -2.07. The zero-order valence-corrected chi connectivity index (χ0v) is 21.9. The largest absolute Gasteiger partial charge is 0.456 e. The van der Waals surface area contributed by atoms with E-state index in [1.54, 1.807) is 0 Å². The third-order valence-electron chi connectivity index (χ3n) is 7.38. The normalized spacial score (nSPS) is 16.6. The topological polar surface area (TPSA) is 45.5 Å². The van der Waals surface area contributed by atoms with Gasteiger partial charge in [0.25, 0.3) is 5.91 Å². The van der Waals surface area contributed by atoms with Crippen LogP contribution >= 0.6 is 0 Å². The SMILES string of the molecule is Cc1cc2c(cc1Cc1ccc(C(=O)NCCCCCCN(C)C)o1)C(C)(C)CCC2(C)C. The van der Waals surface area contributed by atoms with Crippen LogP contribution in [-0.4, -0.2) is 38.0 Å². The molecular weight excluding hydrogens is 408 g/mol. The van der Waals surface area contributed by atoms with Crippen LogP contribution in [0.4, 0.5) is 0 Å². The van der Waals surface area contributed by atoms with E-state index in [1.165, 1.54) is 47.9 Å². The molecule has 1 aliphatic rings. The van der Waals surface area contributed by atoms with Crippen molar-refractivity contribution < 1.29 is 9.21 Å². The number of amides is 1. The van der Waals surface area contributed by atoms with Crippen LogP contribution in [-0.2, 0) is 17.3 Å². The molecule has 1 aromatic carbocycles. The molecule has 0 bridgehead atoms. The van der Waals surface area contributed by atoms with Crippen molar-refractivity contribution in [2.24, 2.45) is 0 Å². The van der Waals surface area contributed by atoms with E-state index in [1.807, 2.05) is 12.1 Å². The Bertz CT molecular complexity index is 953. The minimum atomic E-state index is -0.111. The lowest BCUT2D eigenvalue weighted by Gasteiger charge is -2.42. The van der Waals surface area contributed by atoms with Gasteiger partial charge in [-0.2, -0.15) is 0 Å². The summed E-state index contributed by atoms with van der Waals surface area (Å²) in [5, 5.41) is 3.00. The van der Waals surface area contributed by atoms with Crippen molar-refractivity contribution in [1.29, 1.82) is 0 Å². The molecule has 1 aliphatic carbocycles. The van der Waals surface area contributed by atoms with Gasteiger partial charge in [-0.3, -0.25) is 4.79 Å². The Balaban J connectivity index is 1.59. The summed E-state index contributed by atoms with van der Waals surface area (Å²) < 4.78 is 5.95. The van der Waals surface area contributed by atoms with E-state index >= 15 is 0 Å². The smallest absolute Gasteiger partial charge is 0.286 e. The molecule has 2 aromatic rings. The highest BCUT2D eigenvalue weighted by molar-refractivity contribution is 5.91. The van der Waals surface area contributed by atoms with Crippen LogP contribution in [0, 0.1) is 6.92 Å². The minimum Gasteiger partial charge on any atom is -0.456 e. The lowest BCUT2D eigenvalue weighted by Crippen LogP contribution is -2.34. The quantitative estimate of drug-likeness (QED) is 0.425. The maximum atomic E-state index is 12.5. The second-order valence-corrected chi connectivity index (χ2v) is 11.5. The molecule has 0 aliphatic heterocycles. The molecule has 1 amide bonds. The number of hydrogen-bond donors (Lipinski definition) is 1. The molecule has 0 fully saturated rings. The molecule has 0 saturated heterocycles. The van der Waals surface area contributed by atoms with Crippen molar-refractivity contribution in [3.63, 3.8) is 0 Å². The highest BCUT2D eigenvalue weighted by Gasteiger charge is 2.37. The lowest BCUT2D eigenvalue weighted by molar-refractivity contribution is 0.0923. The summed E-state index contributed by atoms with van der Waals surface area (Å²) >= 11 is 0. The van der Waals surface area contributed by atoms with Gasteiger partial charge in [0.05, 0.1) is 0 Å². The molecule has 1 N–H and O–H groups in total. The third-order valence-corrected chi connectivity index (χ3v) is 7.38. The highest BCUT2D eigenvalue weighted by Crippen LogP contribution is 2.46. The van der Waals surface area contributed by atoms with Crippen LogP contribution in [0.15, 0.2) is 28.7 Å². The van der Waals surface area contributed by atoms with E-state index in [0.717, 1.165) is 31.6 Å². The number of carbonyl (C=O) groups excluding carboxylic acids is 1. The van der Waals surface area contributed by atoms with Crippen LogP contribution in [0.5, 0.6) is 0 Å². The number of rotatable bonds is 10. The number of nitrogens with one attached hydrogen (secondary N) is 1. The van der Waals surface area contributed by atoms with Gasteiger partial charge in [-0.1, -0.05) is 52.7 Å². The van der Waals surface area contributed by atoms with Gasteiger partial charge in [0, 0.05) is 13.0 Å². The number of fused-ring (bicyclic) bond motifs is 1. The Labute approximate surface area is 201 Å². The summed E-state index contributed by atoms with van der Waals surface area (Å²) in [7, 11) is 4.21. The number of aryl methyl sites for hydroxylation is 1. The average molecular weight is 453 g/mol. The summed E-state index contributed by atoms with van der Waals surface area (Å²) in [5.74, 6) is 1.15. The Kier molecular flexibility index (Phi) is 8.10. The van der Waals surface area contributed by atoms with Crippen LogP contribution < -0.4 is 5.32 Å². The van der Waals surface area contributed by atoms with E-state index in [2.05, 4.69) is 71.1 Å². The zero-order valence-electron chi connectivity index (χ0n) is 21.9. The first-order chi connectivity index (χ1) is 15.5. The minimum absolute atomic E-state index is 0.111. The monoisotopic (exact) mass is 452 g/mol. The van der Waals surface area contributed by atoms with Crippen LogP contribution in [0.3, 0.4) is 0 Å². The van der Waals surface area contributed by atoms with Crippen LogP contribution in [0.25, 0.3) is 0 Å². The number of furan rings is 1. The Morgan fingerprint density at radius 3 is 2.27 bits per heavy atom. The van der Waals surface area contributed by atoms with Gasteiger partial charge in [-0.05, 0) is 98.5 Å². The predicted molar refractivity (Wildman–Crippen MR) is 137 cm³/mol. The van der Waals surface area contributed by atoms with Crippen molar-refractivity contribution in [3.05, 3.63) is 58.0 Å². The number of benzene rings is 1. The van der Waals surface area contributed by atoms with Crippen molar-refractivity contribution in [1.82, 2.24) is 10.2 Å². The molecule has 0 unspecified atom stereocenters. The second kappa shape index (κ2) is 10.5. The van der Waals surface area contributed by atoms with Gasteiger partial charge in [0.2, 0.25) is 0 Å². The van der Waals surface area contributed by atoms with Crippen molar-refractivity contribution >= 4 is 5.91 Å². The zero-order chi connectivity index (χ0) is 24.2. The van der Waals surface area contributed by atoms with E-state index in [9.17, 15) is 4.79 Å². The summed E-state index contributed by atoms with van der Waals surface area (Å²) in [6, 6.07) is 8.54. The lowest BCUT2D eigenvalue weighted by atomic mass is 9.62. The molecule has 1 heterocycles. The maximum Gasteiger partial charge on any atom is 0.286 e. The fraction of sp³-hybridized carbons (Fsp3) is 0.621. The molecule has 0 atom stereocenters. The predicted octanol–water partition coefficient (Wildman–Crippen LogP) is 6.38. The first-order valence-electron chi connectivity index (χ1n) is 12.7. The highest BCUT2D eigenvalue weighted by atomic mass is 16.3. The van der Waals surface area contributed by atoms with E-state index < -0.39 is 0 Å². The van der Waals surface area contributed by atoms with Gasteiger partial charge in [0.1, 0.15) is 5.76 Å². The van der Waals surface area contributed by atoms with E-state index in [0.29, 0.717) is 12.3 Å². The van der Waals surface area contributed by atoms with Crippen molar-refractivity contribution in [2.75, 3.05) is 27.2 Å². The molecule has 1 aromatic heterocycles. The Morgan fingerprint density at radius 2 is 1.61 bits per heavy atom. The fourth-order valence-corrected chi connectivity index (χ4v) is 4.94. The summed E-state index contributed by atoms with van der Waals surface area (Å²) in [6.07, 6.45) is 7.70.